The molecule has 0 fully saturated rings. The van der Waals surface area contributed by atoms with Gasteiger partial charge in [-0.05, 0) is 31.7 Å². The topological polar surface area (TPSA) is 58.4 Å². The maximum absolute atomic E-state index is 12.9. The number of rotatable bonds is 8. The van der Waals surface area contributed by atoms with Gasteiger partial charge in [0.15, 0.2) is 0 Å². The molecule has 0 saturated heterocycles. The Bertz CT molecular complexity index is 450. The molecule has 0 aliphatic rings. The van der Waals surface area contributed by atoms with E-state index in [9.17, 15) is 9.90 Å². The summed E-state index contributed by atoms with van der Waals surface area (Å²) in [5.41, 5.74) is 1.57. The summed E-state index contributed by atoms with van der Waals surface area (Å²) in [4.78, 5) is 14.6. The number of aromatic nitrogens is 2. The Kier molecular flexibility index (Phi) is 6.89. The van der Waals surface area contributed by atoms with Gasteiger partial charge in [-0.1, -0.05) is 27.7 Å². The summed E-state index contributed by atoms with van der Waals surface area (Å²) < 4.78 is 1.77. The summed E-state index contributed by atoms with van der Waals surface area (Å²) in [6.45, 7) is 11.3. The molecule has 21 heavy (non-hydrogen) atoms. The molecule has 0 aliphatic heterocycles. The van der Waals surface area contributed by atoms with E-state index in [-0.39, 0.29) is 18.6 Å². The van der Waals surface area contributed by atoms with Crippen LogP contribution in [0.25, 0.3) is 0 Å². The fraction of sp³-hybridized carbons (Fsp3) is 0.750. The maximum atomic E-state index is 12.9. The van der Waals surface area contributed by atoms with E-state index in [1.54, 1.807) is 9.58 Å². The molecule has 1 amide bonds. The third kappa shape index (κ3) is 4.06. The van der Waals surface area contributed by atoms with Gasteiger partial charge in [-0.2, -0.15) is 5.10 Å². The highest BCUT2D eigenvalue weighted by Gasteiger charge is 2.25. The van der Waals surface area contributed by atoms with Crippen molar-refractivity contribution < 1.29 is 9.90 Å². The van der Waals surface area contributed by atoms with E-state index in [0.717, 1.165) is 18.5 Å². The van der Waals surface area contributed by atoms with Crippen LogP contribution in [0.3, 0.4) is 0 Å². The minimum absolute atomic E-state index is 0.0143. The minimum atomic E-state index is -0.0287. The molecule has 1 aromatic rings. The molecule has 0 atom stereocenters. The zero-order valence-electron chi connectivity index (χ0n) is 14.0. The first kappa shape index (κ1) is 17.7. The lowest BCUT2D eigenvalue weighted by atomic mass is 10.1. The van der Waals surface area contributed by atoms with Gasteiger partial charge in [0.05, 0.1) is 12.3 Å². The molecule has 0 aliphatic carbocycles. The van der Waals surface area contributed by atoms with Gasteiger partial charge in [0, 0.05) is 19.1 Å². The summed E-state index contributed by atoms with van der Waals surface area (Å²) in [6, 6.07) is 2.05. The molecule has 0 spiro atoms. The summed E-state index contributed by atoms with van der Waals surface area (Å²) in [5.74, 6) is 0.266. The predicted molar refractivity (Wildman–Crippen MR) is 84.5 cm³/mol. The summed E-state index contributed by atoms with van der Waals surface area (Å²) in [7, 11) is 0. The Hall–Kier alpha value is -1.36. The average molecular weight is 295 g/mol. The van der Waals surface area contributed by atoms with Crippen molar-refractivity contribution in [1.29, 1.82) is 0 Å². The number of nitrogens with zero attached hydrogens (tertiary/aromatic N) is 3. The van der Waals surface area contributed by atoms with Crippen LogP contribution in [0, 0.1) is 0 Å². The molecule has 0 radical (unpaired) electrons. The fourth-order valence-corrected chi connectivity index (χ4v) is 2.57. The van der Waals surface area contributed by atoms with E-state index < -0.39 is 0 Å². The highest BCUT2D eigenvalue weighted by atomic mass is 16.3. The van der Waals surface area contributed by atoms with Crippen LogP contribution in [0.2, 0.25) is 0 Å². The number of hydrogen-bond donors (Lipinski definition) is 1. The molecule has 1 N–H and O–H groups in total. The molecule has 0 saturated carbocycles. The van der Waals surface area contributed by atoms with Gasteiger partial charge >= 0.3 is 0 Å². The second kappa shape index (κ2) is 8.17. The van der Waals surface area contributed by atoms with Crippen molar-refractivity contribution in [2.24, 2.45) is 0 Å². The highest BCUT2D eigenvalue weighted by molar-refractivity contribution is 5.93. The molecule has 0 bridgehead atoms. The number of aryl methyl sites for hydroxylation is 1. The normalized spacial score (nSPS) is 11.4. The number of amides is 1. The van der Waals surface area contributed by atoms with Crippen LogP contribution < -0.4 is 0 Å². The second-order valence-corrected chi connectivity index (χ2v) is 5.62. The molecule has 0 unspecified atom stereocenters. The van der Waals surface area contributed by atoms with Crippen molar-refractivity contribution in [3.8, 4) is 0 Å². The van der Waals surface area contributed by atoms with Crippen molar-refractivity contribution in [3.63, 3.8) is 0 Å². The predicted octanol–water partition coefficient (Wildman–Crippen LogP) is 2.65. The molecular formula is C16H29N3O2. The third-order valence-electron chi connectivity index (χ3n) is 3.89. The van der Waals surface area contributed by atoms with Gasteiger partial charge < -0.3 is 10.0 Å². The fourth-order valence-electron chi connectivity index (χ4n) is 2.57. The number of aliphatic hydroxyl groups excluding tert-OH is 1. The van der Waals surface area contributed by atoms with E-state index in [0.29, 0.717) is 24.7 Å². The van der Waals surface area contributed by atoms with Crippen LogP contribution in [0.5, 0.6) is 0 Å². The van der Waals surface area contributed by atoms with Crippen LogP contribution in [0.15, 0.2) is 6.07 Å². The number of carbonyl (C=O) groups is 1. The first-order chi connectivity index (χ1) is 9.99. The van der Waals surface area contributed by atoms with E-state index in [1.807, 2.05) is 13.0 Å². The Morgan fingerprint density at radius 2 is 1.95 bits per heavy atom. The monoisotopic (exact) mass is 295 g/mol. The Morgan fingerprint density at radius 1 is 1.33 bits per heavy atom. The molecule has 1 heterocycles. The number of aliphatic hydroxyl groups is 1. The molecule has 120 valence electrons. The standard InChI is InChI=1S/C16H29N3O2/c1-6-13(7-2)18(9-10-20)16(21)15-11-14(12(4)5)17-19(15)8-3/h11-13,20H,6-10H2,1-5H3. The molecule has 1 aromatic heterocycles. The highest BCUT2D eigenvalue weighted by Crippen LogP contribution is 2.18. The lowest BCUT2D eigenvalue weighted by molar-refractivity contribution is 0.0610. The third-order valence-corrected chi connectivity index (χ3v) is 3.89. The molecule has 5 nitrogen and oxygen atoms in total. The summed E-state index contributed by atoms with van der Waals surface area (Å²) >= 11 is 0. The van der Waals surface area contributed by atoms with Crippen molar-refractivity contribution in [1.82, 2.24) is 14.7 Å². The second-order valence-electron chi connectivity index (χ2n) is 5.62. The average Bonchev–Trinajstić information content (AvgIpc) is 2.91. The van der Waals surface area contributed by atoms with E-state index in [1.165, 1.54) is 0 Å². The maximum Gasteiger partial charge on any atom is 0.272 e. The Balaban J connectivity index is 3.13. The SMILES string of the molecule is CCC(CC)N(CCO)C(=O)c1cc(C(C)C)nn1CC. The van der Waals surface area contributed by atoms with Gasteiger partial charge in [-0.25, -0.2) is 0 Å². The molecular weight excluding hydrogens is 266 g/mol. The van der Waals surface area contributed by atoms with Crippen LogP contribution in [-0.2, 0) is 6.54 Å². The van der Waals surface area contributed by atoms with Gasteiger partial charge in [0.1, 0.15) is 5.69 Å². The van der Waals surface area contributed by atoms with Gasteiger partial charge in [-0.3, -0.25) is 9.48 Å². The van der Waals surface area contributed by atoms with Crippen molar-refractivity contribution in [3.05, 3.63) is 17.5 Å². The van der Waals surface area contributed by atoms with E-state index >= 15 is 0 Å². The summed E-state index contributed by atoms with van der Waals surface area (Å²) in [6.07, 6.45) is 1.78. The van der Waals surface area contributed by atoms with Crippen molar-refractivity contribution in [2.75, 3.05) is 13.2 Å². The first-order valence-corrected chi connectivity index (χ1v) is 7.99. The number of hydrogen-bond acceptors (Lipinski definition) is 3. The van der Waals surface area contributed by atoms with E-state index in [2.05, 4.69) is 32.8 Å². The van der Waals surface area contributed by atoms with Gasteiger partial charge in [-0.15, -0.1) is 0 Å². The van der Waals surface area contributed by atoms with Crippen molar-refractivity contribution >= 4 is 5.91 Å². The smallest absolute Gasteiger partial charge is 0.272 e. The first-order valence-electron chi connectivity index (χ1n) is 7.99. The van der Waals surface area contributed by atoms with E-state index in [4.69, 9.17) is 0 Å². The van der Waals surface area contributed by atoms with Crippen molar-refractivity contribution in [2.45, 2.75) is 66.0 Å². The lowest BCUT2D eigenvalue weighted by Crippen LogP contribution is -2.42. The molecule has 5 heteroatoms. The Morgan fingerprint density at radius 3 is 2.38 bits per heavy atom. The zero-order valence-corrected chi connectivity index (χ0v) is 14.0. The van der Waals surface area contributed by atoms with Gasteiger partial charge in [0.25, 0.3) is 5.91 Å². The lowest BCUT2D eigenvalue weighted by Gasteiger charge is -2.30. The van der Waals surface area contributed by atoms with Gasteiger partial charge in [0.2, 0.25) is 0 Å². The summed E-state index contributed by atoms with van der Waals surface area (Å²) in [5, 5.41) is 13.8. The molecule has 1 rings (SSSR count). The quantitative estimate of drug-likeness (QED) is 0.802. The van der Waals surface area contributed by atoms with Crippen LogP contribution >= 0.6 is 0 Å². The van der Waals surface area contributed by atoms with Crippen LogP contribution in [-0.4, -0.2) is 44.9 Å². The number of carbonyl (C=O) groups excluding carboxylic acids is 1. The van der Waals surface area contributed by atoms with Crippen LogP contribution in [0.1, 0.15) is 69.6 Å². The van der Waals surface area contributed by atoms with Crippen LogP contribution in [0.4, 0.5) is 0 Å². The Labute approximate surface area is 127 Å². The largest absolute Gasteiger partial charge is 0.395 e. The minimum Gasteiger partial charge on any atom is -0.395 e. The molecule has 0 aromatic carbocycles. The zero-order chi connectivity index (χ0) is 16.0.